The number of hydrogen-bond donors (Lipinski definition) is 0. The van der Waals surface area contributed by atoms with E-state index in [-0.39, 0.29) is 6.54 Å². The number of anilines is 1. The number of benzene rings is 1. The van der Waals surface area contributed by atoms with Crippen LogP contribution in [-0.2, 0) is 11.3 Å². The van der Waals surface area contributed by atoms with Gasteiger partial charge in [-0.25, -0.2) is 9.79 Å². The van der Waals surface area contributed by atoms with E-state index in [4.69, 9.17) is 9.47 Å². The van der Waals surface area contributed by atoms with Crippen molar-refractivity contribution in [1.29, 1.82) is 0 Å². The summed E-state index contributed by atoms with van der Waals surface area (Å²) < 4.78 is 10.6. The second kappa shape index (κ2) is 5.92. The minimum Gasteiger partial charge on any atom is -0.496 e. The molecule has 0 N–H and O–H groups in total. The number of methoxy groups -OCH3 is 2. The van der Waals surface area contributed by atoms with Crippen LogP contribution in [0, 0.1) is 0 Å². The molecule has 0 spiro atoms. The number of rotatable bonds is 5. The molecular weight excluding hydrogens is 220 g/mol. The second-order valence-corrected chi connectivity index (χ2v) is 3.64. The Labute approximate surface area is 101 Å². The first-order valence-electron chi connectivity index (χ1n) is 5.09. The molecule has 0 unspecified atom stereocenters. The fraction of sp³-hybridized carbons (Fsp3) is 0.417. The van der Waals surface area contributed by atoms with Crippen molar-refractivity contribution >= 4 is 11.8 Å². The lowest BCUT2D eigenvalue weighted by Crippen LogP contribution is -2.11. The highest BCUT2D eigenvalue weighted by Gasteiger charge is 2.12. The van der Waals surface area contributed by atoms with E-state index < -0.39 is 0 Å². The van der Waals surface area contributed by atoms with Crippen LogP contribution in [0.3, 0.4) is 0 Å². The Morgan fingerprint density at radius 3 is 2.35 bits per heavy atom. The molecule has 17 heavy (non-hydrogen) atoms. The second-order valence-electron chi connectivity index (χ2n) is 3.64. The Balaban J connectivity index is 3.26. The number of isocyanates is 1. The van der Waals surface area contributed by atoms with E-state index in [1.54, 1.807) is 14.2 Å². The van der Waals surface area contributed by atoms with Gasteiger partial charge >= 0.3 is 0 Å². The number of nitrogens with zero attached hydrogens (tertiary/aromatic N) is 2. The van der Waals surface area contributed by atoms with Crippen molar-refractivity contribution in [2.24, 2.45) is 4.99 Å². The van der Waals surface area contributed by atoms with Gasteiger partial charge in [0.2, 0.25) is 6.08 Å². The minimum atomic E-state index is 0.233. The van der Waals surface area contributed by atoms with Crippen molar-refractivity contribution < 1.29 is 14.3 Å². The van der Waals surface area contributed by atoms with E-state index >= 15 is 0 Å². The molecule has 0 bridgehead atoms. The van der Waals surface area contributed by atoms with Gasteiger partial charge in [-0.1, -0.05) is 0 Å². The van der Waals surface area contributed by atoms with Crippen molar-refractivity contribution in [3.63, 3.8) is 0 Å². The van der Waals surface area contributed by atoms with Crippen molar-refractivity contribution in [2.45, 2.75) is 6.54 Å². The van der Waals surface area contributed by atoms with Crippen molar-refractivity contribution in [3.8, 4) is 11.5 Å². The molecule has 0 saturated carbocycles. The van der Waals surface area contributed by atoms with E-state index in [9.17, 15) is 4.79 Å². The molecule has 1 rings (SSSR count). The van der Waals surface area contributed by atoms with Crippen LogP contribution >= 0.6 is 0 Å². The van der Waals surface area contributed by atoms with E-state index in [1.807, 2.05) is 31.1 Å². The van der Waals surface area contributed by atoms with Crippen molar-refractivity contribution in [1.82, 2.24) is 0 Å². The van der Waals surface area contributed by atoms with Gasteiger partial charge in [0.1, 0.15) is 11.5 Å². The molecular formula is C12H16N2O3. The zero-order chi connectivity index (χ0) is 12.8. The van der Waals surface area contributed by atoms with Gasteiger partial charge in [-0.3, -0.25) is 0 Å². The average Bonchev–Trinajstić information content (AvgIpc) is 2.34. The van der Waals surface area contributed by atoms with Gasteiger partial charge in [-0.15, -0.1) is 0 Å². The summed E-state index contributed by atoms with van der Waals surface area (Å²) in [6.45, 7) is 0.233. The van der Waals surface area contributed by atoms with Crippen molar-refractivity contribution in [2.75, 3.05) is 33.2 Å². The molecule has 1 aromatic rings. The van der Waals surface area contributed by atoms with Crippen LogP contribution in [0.15, 0.2) is 17.1 Å². The van der Waals surface area contributed by atoms with E-state index in [0.29, 0.717) is 11.5 Å². The van der Waals surface area contributed by atoms with Gasteiger partial charge < -0.3 is 14.4 Å². The van der Waals surface area contributed by atoms with Crippen LogP contribution in [0.1, 0.15) is 5.56 Å². The maximum atomic E-state index is 10.1. The third-order valence-electron chi connectivity index (χ3n) is 2.38. The number of aliphatic imine (C=N–C) groups is 1. The SMILES string of the molecule is COc1cc(N(C)C)c(OC)cc1CN=C=O. The molecule has 0 aliphatic carbocycles. The molecule has 92 valence electrons. The Bertz CT molecular complexity index is 438. The summed E-state index contributed by atoms with van der Waals surface area (Å²) in [5.74, 6) is 1.39. The average molecular weight is 236 g/mol. The molecule has 0 radical (unpaired) electrons. The standard InChI is InChI=1S/C12H16N2O3/c1-14(2)10-6-11(16-3)9(7-13-8-15)5-12(10)17-4/h5-6H,7H2,1-4H3. The molecule has 0 heterocycles. The first-order valence-corrected chi connectivity index (χ1v) is 5.09. The molecule has 1 aromatic carbocycles. The van der Waals surface area contributed by atoms with E-state index in [2.05, 4.69) is 4.99 Å². The molecule has 0 aliphatic heterocycles. The fourth-order valence-electron chi connectivity index (χ4n) is 1.54. The fourth-order valence-corrected chi connectivity index (χ4v) is 1.54. The van der Waals surface area contributed by atoms with E-state index in [1.165, 1.54) is 6.08 Å². The molecule has 5 nitrogen and oxygen atoms in total. The van der Waals surface area contributed by atoms with Crippen molar-refractivity contribution in [3.05, 3.63) is 17.7 Å². The summed E-state index contributed by atoms with van der Waals surface area (Å²) in [5, 5.41) is 0. The van der Waals surface area contributed by atoms with Crippen LogP contribution in [0.5, 0.6) is 11.5 Å². The predicted octanol–water partition coefficient (Wildman–Crippen LogP) is 1.61. The first-order chi connectivity index (χ1) is 8.13. The maximum absolute atomic E-state index is 10.1. The summed E-state index contributed by atoms with van der Waals surface area (Å²) >= 11 is 0. The van der Waals surface area contributed by atoms with Gasteiger partial charge in [0.05, 0.1) is 26.5 Å². The van der Waals surface area contributed by atoms with Gasteiger partial charge in [0.25, 0.3) is 0 Å². The molecule has 0 amide bonds. The quantitative estimate of drug-likeness (QED) is 0.575. The Morgan fingerprint density at radius 2 is 1.88 bits per heavy atom. The van der Waals surface area contributed by atoms with Crippen LogP contribution in [0.4, 0.5) is 5.69 Å². The third kappa shape index (κ3) is 2.98. The van der Waals surface area contributed by atoms with E-state index in [0.717, 1.165) is 11.3 Å². The summed E-state index contributed by atoms with van der Waals surface area (Å²) in [6, 6.07) is 3.67. The summed E-state index contributed by atoms with van der Waals surface area (Å²) in [4.78, 5) is 15.6. The topological polar surface area (TPSA) is 51.1 Å². The number of hydrogen-bond acceptors (Lipinski definition) is 5. The normalized spacial score (nSPS) is 9.41. The zero-order valence-corrected chi connectivity index (χ0v) is 10.5. The van der Waals surface area contributed by atoms with Crippen LogP contribution in [-0.4, -0.2) is 34.4 Å². The maximum Gasteiger partial charge on any atom is 0.235 e. The lowest BCUT2D eigenvalue weighted by atomic mass is 10.1. The molecule has 5 heteroatoms. The highest BCUT2D eigenvalue weighted by Crippen LogP contribution is 2.34. The Hall–Kier alpha value is -2.00. The lowest BCUT2D eigenvalue weighted by Gasteiger charge is -2.19. The summed E-state index contributed by atoms with van der Waals surface area (Å²) in [6.07, 6.45) is 1.51. The third-order valence-corrected chi connectivity index (χ3v) is 2.38. The minimum absolute atomic E-state index is 0.233. The summed E-state index contributed by atoms with van der Waals surface area (Å²) in [5.41, 5.74) is 1.70. The molecule has 0 aliphatic rings. The van der Waals surface area contributed by atoms with Gasteiger partial charge in [-0.05, 0) is 6.07 Å². The molecule has 0 saturated heterocycles. The highest BCUT2D eigenvalue weighted by molar-refractivity contribution is 5.63. The summed E-state index contributed by atoms with van der Waals surface area (Å²) in [7, 11) is 7.01. The zero-order valence-electron chi connectivity index (χ0n) is 10.5. The van der Waals surface area contributed by atoms with Crippen LogP contribution in [0.2, 0.25) is 0 Å². The smallest absolute Gasteiger partial charge is 0.235 e. The number of ether oxygens (including phenoxy) is 2. The monoisotopic (exact) mass is 236 g/mol. The Morgan fingerprint density at radius 1 is 1.24 bits per heavy atom. The first kappa shape index (κ1) is 13.1. The number of carbonyl (C=O) groups excluding carboxylic acids is 1. The molecule has 0 aromatic heterocycles. The Kier molecular flexibility index (Phi) is 4.55. The van der Waals surface area contributed by atoms with Gasteiger partial charge in [0.15, 0.2) is 0 Å². The largest absolute Gasteiger partial charge is 0.496 e. The van der Waals surface area contributed by atoms with Crippen LogP contribution < -0.4 is 14.4 Å². The highest BCUT2D eigenvalue weighted by atomic mass is 16.5. The van der Waals surface area contributed by atoms with Gasteiger partial charge in [0, 0.05) is 25.7 Å². The molecule has 0 fully saturated rings. The van der Waals surface area contributed by atoms with Crippen LogP contribution in [0.25, 0.3) is 0 Å². The van der Waals surface area contributed by atoms with Gasteiger partial charge in [-0.2, -0.15) is 0 Å². The molecule has 0 atom stereocenters. The lowest BCUT2D eigenvalue weighted by molar-refractivity contribution is 0.399. The predicted molar refractivity (Wildman–Crippen MR) is 65.7 cm³/mol.